The number of benzene rings is 2. The molecular formula is C17H14O. The highest BCUT2D eigenvalue weighted by molar-refractivity contribution is 6.06. The first-order chi connectivity index (χ1) is 8.81. The van der Waals surface area contributed by atoms with Gasteiger partial charge in [0.1, 0.15) is 0 Å². The van der Waals surface area contributed by atoms with Crippen LogP contribution >= 0.6 is 0 Å². The minimum atomic E-state index is 0.00876. The fourth-order valence-electron chi connectivity index (χ4n) is 1.71. The topological polar surface area (TPSA) is 17.1 Å². The van der Waals surface area contributed by atoms with Crippen LogP contribution in [0.4, 0.5) is 0 Å². The number of hydrogen-bond donors (Lipinski definition) is 0. The molecule has 0 unspecified atom stereocenters. The van der Waals surface area contributed by atoms with E-state index in [4.69, 9.17) is 0 Å². The van der Waals surface area contributed by atoms with E-state index in [0.29, 0.717) is 5.56 Å². The Morgan fingerprint density at radius 1 is 0.889 bits per heavy atom. The van der Waals surface area contributed by atoms with Gasteiger partial charge in [-0.1, -0.05) is 73.3 Å². The van der Waals surface area contributed by atoms with Crippen LogP contribution < -0.4 is 0 Å². The number of hydrogen-bond acceptors (Lipinski definition) is 1. The van der Waals surface area contributed by atoms with Gasteiger partial charge in [-0.15, -0.1) is 0 Å². The van der Waals surface area contributed by atoms with Gasteiger partial charge in [-0.3, -0.25) is 4.79 Å². The van der Waals surface area contributed by atoms with Crippen LogP contribution in [0.1, 0.15) is 21.5 Å². The van der Waals surface area contributed by atoms with Crippen molar-refractivity contribution < 1.29 is 4.79 Å². The van der Waals surface area contributed by atoms with Crippen molar-refractivity contribution in [1.82, 2.24) is 0 Å². The van der Waals surface area contributed by atoms with Crippen molar-refractivity contribution in [3.63, 3.8) is 0 Å². The Kier molecular flexibility index (Phi) is 3.87. The van der Waals surface area contributed by atoms with Gasteiger partial charge in [0.05, 0.1) is 0 Å². The molecule has 0 aliphatic heterocycles. The summed E-state index contributed by atoms with van der Waals surface area (Å²) >= 11 is 0. The van der Waals surface area contributed by atoms with E-state index < -0.39 is 0 Å². The Hall–Kier alpha value is -2.41. The normalized spacial score (nSPS) is 10.4. The molecule has 0 aromatic heterocycles. The van der Waals surface area contributed by atoms with Crippen molar-refractivity contribution in [2.45, 2.75) is 0 Å². The molecular weight excluding hydrogens is 220 g/mol. The van der Waals surface area contributed by atoms with E-state index in [9.17, 15) is 4.79 Å². The lowest BCUT2D eigenvalue weighted by Crippen LogP contribution is -1.93. The van der Waals surface area contributed by atoms with E-state index >= 15 is 0 Å². The summed E-state index contributed by atoms with van der Waals surface area (Å²) in [6.45, 7) is 3.76. The zero-order valence-electron chi connectivity index (χ0n) is 10.0. The second-order valence-electron chi connectivity index (χ2n) is 3.90. The van der Waals surface area contributed by atoms with Gasteiger partial charge in [-0.2, -0.15) is 0 Å². The average molecular weight is 234 g/mol. The van der Waals surface area contributed by atoms with Crippen molar-refractivity contribution >= 4 is 17.9 Å². The smallest absolute Gasteiger partial charge is 0.185 e. The fourth-order valence-corrected chi connectivity index (χ4v) is 1.71. The second-order valence-corrected chi connectivity index (χ2v) is 3.90. The number of carbonyl (C=O) groups excluding carboxylic acids is 1. The Balaban J connectivity index is 2.21. The zero-order chi connectivity index (χ0) is 12.8. The van der Waals surface area contributed by atoms with Gasteiger partial charge < -0.3 is 0 Å². The maximum Gasteiger partial charge on any atom is 0.185 e. The average Bonchev–Trinajstić information content (AvgIpc) is 2.46. The van der Waals surface area contributed by atoms with Crippen LogP contribution in [0.2, 0.25) is 0 Å². The molecule has 88 valence electrons. The number of rotatable bonds is 4. The molecule has 0 aliphatic rings. The van der Waals surface area contributed by atoms with Crippen molar-refractivity contribution in [2.75, 3.05) is 0 Å². The van der Waals surface area contributed by atoms with Gasteiger partial charge in [-0.05, 0) is 17.2 Å². The predicted molar refractivity (Wildman–Crippen MR) is 76.3 cm³/mol. The first-order valence-electron chi connectivity index (χ1n) is 5.80. The Morgan fingerprint density at radius 3 is 2.17 bits per heavy atom. The van der Waals surface area contributed by atoms with Crippen molar-refractivity contribution in [2.24, 2.45) is 0 Å². The molecule has 0 fully saturated rings. The molecule has 0 saturated heterocycles. The molecule has 0 bridgehead atoms. The van der Waals surface area contributed by atoms with E-state index in [1.165, 1.54) is 0 Å². The molecule has 1 heteroatoms. The zero-order valence-corrected chi connectivity index (χ0v) is 10.0. The minimum absolute atomic E-state index is 0.00876. The highest BCUT2D eigenvalue weighted by atomic mass is 16.1. The quantitative estimate of drug-likeness (QED) is 0.571. The first kappa shape index (κ1) is 12.1. The Labute approximate surface area is 107 Å². The van der Waals surface area contributed by atoms with E-state index in [0.717, 1.165) is 11.1 Å². The minimum Gasteiger partial charge on any atom is -0.289 e. The summed E-state index contributed by atoms with van der Waals surface area (Å²) in [4.78, 5) is 11.9. The van der Waals surface area contributed by atoms with Crippen LogP contribution in [0.5, 0.6) is 0 Å². The van der Waals surface area contributed by atoms with Crippen LogP contribution in [0, 0.1) is 0 Å². The largest absolute Gasteiger partial charge is 0.289 e. The summed E-state index contributed by atoms with van der Waals surface area (Å²) in [5, 5.41) is 0. The predicted octanol–water partition coefficient (Wildman–Crippen LogP) is 4.23. The van der Waals surface area contributed by atoms with Gasteiger partial charge in [0.15, 0.2) is 5.78 Å². The molecule has 0 spiro atoms. The van der Waals surface area contributed by atoms with Gasteiger partial charge >= 0.3 is 0 Å². The van der Waals surface area contributed by atoms with Gasteiger partial charge in [0.2, 0.25) is 0 Å². The molecule has 2 aromatic carbocycles. The summed E-state index contributed by atoms with van der Waals surface area (Å²) in [5.41, 5.74) is 2.72. The van der Waals surface area contributed by atoms with Gasteiger partial charge in [-0.25, -0.2) is 0 Å². The van der Waals surface area contributed by atoms with E-state index in [-0.39, 0.29) is 5.78 Å². The van der Waals surface area contributed by atoms with E-state index in [2.05, 4.69) is 6.58 Å². The van der Waals surface area contributed by atoms with E-state index in [1.54, 1.807) is 12.2 Å². The molecule has 0 heterocycles. The second kappa shape index (κ2) is 5.78. The molecule has 2 rings (SSSR count). The maximum atomic E-state index is 11.9. The van der Waals surface area contributed by atoms with Crippen molar-refractivity contribution in [3.05, 3.63) is 83.9 Å². The third kappa shape index (κ3) is 2.83. The van der Waals surface area contributed by atoms with E-state index in [1.807, 2.05) is 60.7 Å². The summed E-state index contributed by atoms with van der Waals surface area (Å²) in [6.07, 6.45) is 5.21. The lowest BCUT2D eigenvalue weighted by molar-refractivity contribution is 0.104. The Morgan fingerprint density at radius 2 is 1.50 bits per heavy atom. The number of carbonyl (C=O) groups is 1. The van der Waals surface area contributed by atoms with Crippen LogP contribution in [-0.4, -0.2) is 5.78 Å². The molecule has 0 radical (unpaired) electrons. The summed E-state index contributed by atoms with van der Waals surface area (Å²) in [5.74, 6) is 0.00876. The highest BCUT2D eigenvalue weighted by Crippen LogP contribution is 2.12. The van der Waals surface area contributed by atoms with Crippen LogP contribution in [0.25, 0.3) is 12.2 Å². The standard InChI is InChI=1S/C17H14O/c1-2-14-8-6-7-9-15(14)12-13-17(18)16-10-4-3-5-11-16/h2-13H,1H2. The third-order valence-electron chi connectivity index (χ3n) is 2.69. The molecule has 18 heavy (non-hydrogen) atoms. The molecule has 0 amide bonds. The monoisotopic (exact) mass is 234 g/mol. The van der Waals surface area contributed by atoms with Crippen LogP contribution in [-0.2, 0) is 0 Å². The lowest BCUT2D eigenvalue weighted by Gasteiger charge is -1.99. The maximum absolute atomic E-state index is 11.9. The Bertz CT molecular complexity index is 580. The molecule has 0 aliphatic carbocycles. The first-order valence-corrected chi connectivity index (χ1v) is 5.80. The highest BCUT2D eigenvalue weighted by Gasteiger charge is 2.00. The molecule has 1 nitrogen and oxygen atoms in total. The summed E-state index contributed by atoms with van der Waals surface area (Å²) < 4.78 is 0. The van der Waals surface area contributed by atoms with Crippen LogP contribution in [0.3, 0.4) is 0 Å². The third-order valence-corrected chi connectivity index (χ3v) is 2.69. The molecule has 0 N–H and O–H groups in total. The molecule has 0 saturated carbocycles. The van der Waals surface area contributed by atoms with Gasteiger partial charge in [0, 0.05) is 5.56 Å². The molecule has 0 atom stereocenters. The number of ketones is 1. The fraction of sp³-hybridized carbons (Fsp3) is 0. The van der Waals surface area contributed by atoms with Crippen molar-refractivity contribution in [3.8, 4) is 0 Å². The summed E-state index contributed by atoms with van der Waals surface area (Å²) in [6, 6.07) is 17.1. The van der Waals surface area contributed by atoms with Crippen LogP contribution in [0.15, 0.2) is 67.3 Å². The molecule has 2 aromatic rings. The lowest BCUT2D eigenvalue weighted by atomic mass is 10.1. The summed E-state index contributed by atoms with van der Waals surface area (Å²) in [7, 11) is 0. The van der Waals surface area contributed by atoms with Gasteiger partial charge in [0.25, 0.3) is 0 Å². The number of allylic oxidation sites excluding steroid dienone is 1. The van der Waals surface area contributed by atoms with Crippen molar-refractivity contribution in [1.29, 1.82) is 0 Å². The SMILES string of the molecule is C=Cc1ccccc1C=CC(=O)c1ccccc1.